The summed E-state index contributed by atoms with van der Waals surface area (Å²) in [6.07, 6.45) is 7.83. The van der Waals surface area contributed by atoms with Gasteiger partial charge in [-0.3, -0.25) is 4.79 Å². The van der Waals surface area contributed by atoms with Crippen molar-refractivity contribution >= 4 is 5.97 Å². The topological polar surface area (TPSA) is 78.0 Å². The SMILES string of the molecule is CCCC(CCCNCc1cnc[nH]1)CC(=O)O. The minimum atomic E-state index is -0.682. The van der Waals surface area contributed by atoms with Gasteiger partial charge in [0.05, 0.1) is 6.33 Å². The first-order chi connectivity index (χ1) is 8.72. The number of rotatable bonds is 10. The van der Waals surface area contributed by atoms with E-state index >= 15 is 0 Å². The van der Waals surface area contributed by atoms with Gasteiger partial charge < -0.3 is 15.4 Å². The molecule has 0 saturated heterocycles. The van der Waals surface area contributed by atoms with E-state index in [2.05, 4.69) is 22.2 Å². The summed E-state index contributed by atoms with van der Waals surface area (Å²) < 4.78 is 0. The quantitative estimate of drug-likeness (QED) is 0.558. The Morgan fingerprint density at radius 3 is 3.00 bits per heavy atom. The second-order valence-electron chi connectivity index (χ2n) is 4.65. The molecule has 18 heavy (non-hydrogen) atoms. The van der Waals surface area contributed by atoms with Crippen LogP contribution in [0.4, 0.5) is 0 Å². The van der Waals surface area contributed by atoms with E-state index in [0.717, 1.165) is 44.5 Å². The number of hydrogen-bond acceptors (Lipinski definition) is 3. The van der Waals surface area contributed by atoms with Crippen LogP contribution in [0.25, 0.3) is 0 Å². The number of hydrogen-bond donors (Lipinski definition) is 3. The van der Waals surface area contributed by atoms with Crippen molar-refractivity contribution in [1.82, 2.24) is 15.3 Å². The highest BCUT2D eigenvalue weighted by atomic mass is 16.4. The van der Waals surface area contributed by atoms with E-state index in [9.17, 15) is 4.79 Å². The average molecular weight is 253 g/mol. The number of imidazole rings is 1. The normalized spacial score (nSPS) is 12.5. The zero-order valence-electron chi connectivity index (χ0n) is 11.0. The summed E-state index contributed by atoms with van der Waals surface area (Å²) in [4.78, 5) is 17.7. The molecule has 0 aliphatic heterocycles. The lowest BCUT2D eigenvalue weighted by Gasteiger charge is -2.13. The summed E-state index contributed by atoms with van der Waals surface area (Å²) in [5, 5.41) is 12.1. The number of carboxylic acid groups (broad SMARTS) is 1. The standard InChI is InChI=1S/C13H23N3O2/c1-2-4-11(7-13(17)18)5-3-6-14-8-12-9-15-10-16-12/h9-11,14H,2-8H2,1H3,(H,15,16)(H,17,18). The predicted molar refractivity (Wildman–Crippen MR) is 70.2 cm³/mol. The van der Waals surface area contributed by atoms with Gasteiger partial charge in [-0.2, -0.15) is 0 Å². The lowest BCUT2D eigenvalue weighted by atomic mass is 9.94. The highest BCUT2D eigenvalue weighted by molar-refractivity contribution is 5.66. The van der Waals surface area contributed by atoms with Gasteiger partial charge >= 0.3 is 5.97 Å². The molecule has 1 atom stereocenters. The van der Waals surface area contributed by atoms with Crippen molar-refractivity contribution in [3.8, 4) is 0 Å². The van der Waals surface area contributed by atoms with Crippen LogP contribution in [-0.2, 0) is 11.3 Å². The van der Waals surface area contributed by atoms with Gasteiger partial charge in [0.25, 0.3) is 0 Å². The second kappa shape index (κ2) is 8.69. The summed E-state index contributed by atoms with van der Waals surface area (Å²) in [7, 11) is 0. The fourth-order valence-corrected chi connectivity index (χ4v) is 2.12. The van der Waals surface area contributed by atoms with E-state index in [0.29, 0.717) is 12.3 Å². The highest BCUT2D eigenvalue weighted by Gasteiger charge is 2.11. The lowest BCUT2D eigenvalue weighted by molar-refractivity contribution is -0.138. The first-order valence-corrected chi connectivity index (χ1v) is 6.62. The Morgan fingerprint density at radius 2 is 2.39 bits per heavy atom. The van der Waals surface area contributed by atoms with Gasteiger partial charge in [0.2, 0.25) is 0 Å². The van der Waals surface area contributed by atoms with Crippen molar-refractivity contribution in [2.45, 2.75) is 45.6 Å². The molecule has 0 bridgehead atoms. The summed E-state index contributed by atoms with van der Waals surface area (Å²) in [5.74, 6) is -0.361. The van der Waals surface area contributed by atoms with E-state index < -0.39 is 5.97 Å². The number of nitrogens with one attached hydrogen (secondary N) is 2. The minimum Gasteiger partial charge on any atom is -0.481 e. The molecule has 1 heterocycles. The minimum absolute atomic E-state index is 0.300. The van der Waals surface area contributed by atoms with E-state index in [4.69, 9.17) is 5.11 Å². The molecule has 0 radical (unpaired) electrons. The van der Waals surface area contributed by atoms with Gasteiger partial charge in [-0.1, -0.05) is 19.8 Å². The molecule has 1 aromatic heterocycles. The molecular formula is C13H23N3O2. The van der Waals surface area contributed by atoms with Crippen LogP contribution in [0.3, 0.4) is 0 Å². The number of carboxylic acids is 1. The Bertz CT molecular complexity index is 325. The van der Waals surface area contributed by atoms with Gasteiger partial charge in [0.15, 0.2) is 0 Å². The first kappa shape index (κ1) is 14.7. The zero-order valence-corrected chi connectivity index (χ0v) is 11.0. The summed E-state index contributed by atoms with van der Waals surface area (Å²) in [5.41, 5.74) is 1.07. The van der Waals surface area contributed by atoms with Crippen LogP contribution < -0.4 is 5.32 Å². The smallest absolute Gasteiger partial charge is 0.303 e. The van der Waals surface area contributed by atoms with Gasteiger partial charge in [-0.15, -0.1) is 0 Å². The van der Waals surface area contributed by atoms with E-state index in [1.165, 1.54) is 0 Å². The highest BCUT2D eigenvalue weighted by Crippen LogP contribution is 2.17. The van der Waals surface area contributed by atoms with Crippen LogP contribution in [-0.4, -0.2) is 27.6 Å². The third kappa shape index (κ3) is 6.39. The van der Waals surface area contributed by atoms with E-state index in [-0.39, 0.29) is 0 Å². The maximum absolute atomic E-state index is 10.7. The summed E-state index contributed by atoms with van der Waals surface area (Å²) in [6.45, 7) is 3.81. The van der Waals surface area contributed by atoms with Crippen molar-refractivity contribution in [3.63, 3.8) is 0 Å². The van der Waals surface area contributed by atoms with Crippen molar-refractivity contribution in [1.29, 1.82) is 0 Å². The van der Waals surface area contributed by atoms with Crippen LogP contribution in [0.5, 0.6) is 0 Å². The van der Waals surface area contributed by atoms with Crippen molar-refractivity contribution in [2.24, 2.45) is 5.92 Å². The van der Waals surface area contributed by atoms with Crippen LogP contribution >= 0.6 is 0 Å². The average Bonchev–Trinajstić information content (AvgIpc) is 2.81. The van der Waals surface area contributed by atoms with E-state index in [1.54, 1.807) is 12.5 Å². The molecule has 5 heteroatoms. The summed E-state index contributed by atoms with van der Waals surface area (Å²) >= 11 is 0. The van der Waals surface area contributed by atoms with Gasteiger partial charge in [0.1, 0.15) is 0 Å². The third-order valence-electron chi connectivity index (χ3n) is 3.00. The summed E-state index contributed by atoms with van der Waals surface area (Å²) in [6, 6.07) is 0. The number of aromatic nitrogens is 2. The number of aliphatic carboxylic acids is 1. The van der Waals surface area contributed by atoms with Gasteiger partial charge in [-0.25, -0.2) is 4.98 Å². The Morgan fingerprint density at radius 1 is 1.56 bits per heavy atom. The molecule has 0 saturated carbocycles. The molecule has 0 aromatic carbocycles. The van der Waals surface area contributed by atoms with Crippen molar-refractivity contribution < 1.29 is 9.90 Å². The molecule has 0 amide bonds. The fraction of sp³-hybridized carbons (Fsp3) is 0.692. The largest absolute Gasteiger partial charge is 0.481 e. The number of carbonyl (C=O) groups is 1. The molecule has 1 unspecified atom stereocenters. The number of nitrogens with zero attached hydrogens (tertiary/aromatic N) is 1. The third-order valence-corrected chi connectivity index (χ3v) is 3.00. The molecule has 0 aliphatic rings. The van der Waals surface area contributed by atoms with E-state index in [1.807, 2.05) is 0 Å². The van der Waals surface area contributed by atoms with Crippen LogP contribution in [0.2, 0.25) is 0 Å². The molecule has 0 fully saturated rings. The molecule has 1 aromatic rings. The monoisotopic (exact) mass is 253 g/mol. The molecule has 1 rings (SSSR count). The molecule has 0 spiro atoms. The van der Waals surface area contributed by atoms with Crippen LogP contribution in [0, 0.1) is 5.92 Å². The van der Waals surface area contributed by atoms with Crippen molar-refractivity contribution in [3.05, 3.63) is 18.2 Å². The predicted octanol–water partition coefficient (Wildman–Crippen LogP) is 2.17. The molecule has 3 N–H and O–H groups in total. The molecular weight excluding hydrogens is 230 g/mol. The first-order valence-electron chi connectivity index (χ1n) is 6.62. The van der Waals surface area contributed by atoms with Crippen LogP contribution in [0.1, 0.15) is 44.7 Å². The Balaban J connectivity index is 2.08. The van der Waals surface area contributed by atoms with Crippen molar-refractivity contribution in [2.75, 3.05) is 6.54 Å². The fourth-order valence-electron chi connectivity index (χ4n) is 2.12. The lowest BCUT2D eigenvalue weighted by Crippen LogP contribution is -2.17. The molecule has 0 aliphatic carbocycles. The second-order valence-corrected chi connectivity index (χ2v) is 4.65. The Hall–Kier alpha value is -1.36. The maximum atomic E-state index is 10.7. The maximum Gasteiger partial charge on any atom is 0.303 e. The Labute approximate surface area is 108 Å². The molecule has 102 valence electrons. The van der Waals surface area contributed by atoms with Gasteiger partial charge in [0, 0.05) is 24.9 Å². The molecule has 5 nitrogen and oxygen atoms in total. The zero-order chi connectivity index (χ0) is 13.2. The number of H-pyrrole nitrogens is 1. The van der Waals surface area contributed by atoms with Gasteiger partial charge in [-0.05, 0) is 25.3 Å². The number of aromatic amines is 1. The van der Waals surface area contributed by atoms with Crippen LogP contribution in [0.15, 0.2) is 12.5 Å². The Kier molecular flexibility index (Phi) is 7.10.